The summed E-state index contributed by atoms with van der Waals surface area (Å²) in [5, 5.41) is 14.8. The van der Waals surface area contributed by atoms with E-state index in [0.717, 1.165) is 23.1 Å². The molecule has 0 spiro atoms. The van der Waals surface area contributed by atoms with E-state index >= 15 is 0 Å². The smallest absolute Gasteiger partial charge is 0.122 e. The summed E-state index contributed by atoms with van der Waals surface area (Å²) < 4.78 is 0. The number of hydrogen-bond donors (Lipinski definition) is 4. The van der Waals surface area contributed by atoms with Gasteiger partial charge in [-0.1, -0.05) is 60.2 Å². The van der Waals surface area contributed by atoms with Crippen LogP contribution in [0.2, 0.25) is 0 Å². The van der Waals surface area contributed by atoms with E-state index in [1.165, 1.54) is 11.1 Å². The van der Waals surface area contributed by atoms with Crippen molar-refractivity contribution in [2.24, 2.45) is 11.5 Å². The molecule has 24 heavy (non-hydrogen) atoms. The van der Waals surface area contributed by atoms with Crippen molar-refractivity contribution in [2.75, 3.05) is 0 Å². The Balaban J connectivity index is 0.00000264. The summed E-state index contributed by atoms with van der Waals surface area (Å²) in [5.74, 6) is 0.169. The fourth-order valence-electron chi connectivity index (χ4n) is 2.22. The molecule has 2 rings (SSSR count). The van der Waals surface area contributed by atoms with Crippen LogP contribution >= 0.6 is 24.8 Å². The molecule has 0 radical (unpaired) electrons. The first kappa shape index (κ1) is 21.7. The van der Waals surface area contributed by atoms with Crippen LogP contribution in [0.15, 0.2) is 54.1 Å². The average molecular weight is 365 g/mol. The second kappa shape index (κ2) is 9.75. The van der Waals surface area contributed by atoms with Crippen molar-refractivity contribution in [1.82, 2.24) is 0 Å². The van der Waals surface area contributed by atoms with Crippen LogP contribution in [0.25, 0.3) is 6.08 Å². The van der Waals surface area contributed by atoms with Crippen molar-refractivity contribution in [2.45, 2.75) is 13.3 Å². The first-order valence-corrected chi connectivity index (χ1v) is 7.00. The largest absolute Gasteiger partial charge is 0.384 e. The molecule has 0 amide bonds. The zero-order valence-electron chi connectivity index (χ0n) is 13.4. The van der Waals surface area contributed by atoms with Gasteiger partial charge in [0.05, 0.1) is 0 Å². The minimum Gasteiger partial charge on any atom is -0.384 e. The Kier molecular flexibility index (Phi) is 8.82. The molecular weight excluding hydrogens is 343 g/mol. The summed E-state index contributed by atoms with van der Waals surface area (Å²) in [6.45, 7) is 2.08. The second-order valence-corrected chi connectivity index (χ2v) is 5.31. The van der Waals surface area contributed by atoms with Gasteiger partial charge < -0.3 is 11.5 Å². The number of nitrogen functional groups attached to an aromatic ring is 2. The third-order valence-corrected chi connectivity index (χ3v) is 3.38. The minimum atomic E-state index is 0. The van der Waals surface area contributed by atoms with Gasteiger partial charge in [-0.3, -0.25) is 10.8 Å². The monoisotopic (exact) mass is 364 g/mol. The van der Waals surface area contributed by atoms with E-state index in [4.69, 9.17) is 22.3 Å². The van der Waals surface area contributed by atoms with Gasteiger partial charge in [-0.2, -0.15) is 0 Å². The maximum atomic E-state index is 7.39. The maximum Gasteiger partial charge on any atom is 0.122 e. The Morgan fingerprint density at radius 2 is 1.25 bits per heavy atom. The lowest BCUT2D eigenvalue weighted by Gasteiger charge is -2.05. The molecule has 0 bridgehead atoms. The topological polar surface area (TPSA) is 99.7 Å². The van der Waals surface area contributed by atoms with E-state index in [-0.39, 0.29) is 36.5 Å². The molecule has 128 valence electrons. The summed E-state index contributed by atoms with van der Waals surface area (Å²) in [7, 11) is 0. The number of benzene rings is 2. The molecule has 0 saturated carbocycles. The summed E-state index contributed by atoms with van der Waals surface area (Å²) in [6.07, 6.45) is 2.95. The molecule has 6 heteroatoms. The van der Waals surface area contributed by atoms with Gasteiger partial charge in [0, 0.05) is 11.1 Å². The normalized spacial score (nSPS) is 10.3. The first-order valence-electron chi connectivity index (χ1n) is 7.00. The van der Waals surface area contributed by atoms with E-state index in [1.807, 2.05) is 48.5 Å². The van der Waals surface area contributed by atoms with Crippen molar-refractivity contribution >= 4 is 42.6 Å². The Bertz CT molecular complexity index is 720. The number of hydrogen-bond acceptors (Lipinski definition) is 2. The molecule has 2 aromatic carbocycles. The van der Waals surface area contributed by atoms with Crippen LogP contribution in [0.5, 0.6) is 0 Å². The van der Waals surface area contributed by atoms with Crippen molar-refractivity contribution in [3.8, 4) is 0 Å². The molecule has 0 aliphatic heterocycles. The Morgan fingerprint density at radius 3 is 1.67 bits per heavy atom. The van der Waals surface area contributed by atoms with Gasteiger partial charge in [0.1, 0.15) is 11.7 Å². The first-order chi connectivity index (χ1) is 10.5. The Labute approximate surface area is 154 Å². The van der Waals surface area contributed by atoms with Gasteiger partial charge in [0.25, 0.3) is 0 Å². The van der Waals surface area contributed by atoms with Gasteiger partial charge >= 0.3 is 0 Å². The van der Waals surface area contributed by atoms with Gasteiger partial charge in [0.15, 0.2) is 0 Å². The molecule has 0 aliphatic rings. The molecule has 4 nitrogen and oxygen atoms in total. The number of nitrogens with two attached hydrogens (primary N) is 2. The van der Waals surface area contributed by atoms with Crippen LogP contribution in [0, 0.1) is 10.8 Å². The van der Waals surface area contributed by atoms with Crippen LogP contribution in [0.4, 0.5) is 0 Å². The molecular formula is C18H22Cl2N4. The standard InChI is InChI=1S/C18H20N4.2ClH/c1-12(10-13-2-6-15(7-3-13)17(19)20)11-14-4-8-16(9-5-14)18(21)22;;/h2-10H,11H2,1H3,(H3,19,20)(H3,21,22);2*1H. The van der Waals surface area contributed by atoms with Crippen molar-refractivity contribution in [1.29, 1.82) is 10.8 Å². The van der Waals surface area contributed by atoms with Crippen LogP contribution in [0.1, 0.15) is 29.2 Å². The SMILES string of the molecule is CC(=Cc1ccc(C(=N)N)cc1)Cc1ccc(C(=N)N)cc1.Cl.Cl. The highest BCUT2D eigenvalue weighted by Gasteiger charge is 2.00. The average Bonchev–Trinajstić information content (AvgIpc) is 2.48. The van der Waals surface area contributed by atoms with Gasteiger partial charge in [-0.25, -0.2) is 0 Å². The van der Waals surface area contributed by atoms with Crippen molar-refractivity contribution in [3.05, 3.63) is 76.4 Å². The summed E-state index contributed by atoms with van der Waals surface area (Å²) in [4.78, 5) is 0. The van der Waals surface area contributed by atoms with Crippen molar-refractivity contribution < 1.29 is 0 Å². The van der Waals surface area contributed by atoms with Crippen molar-refractivity contribution in [3.63, 3.8) is 0 Å². The van der Waals surface area contributed by atoms with E-state index in [2.05, 4.69) is 13.0 Å². The van der Waals surface area contributed by atoms with E-state index in [1.54, 1.807) is 0 Å². The zero-order valence-corrected chi connectivity index (χ0v) is 15.0. The van der Waals surface area contributed by atoms with Crippen LogP contribution in [0.3, 0.4) is 0 Å². The van der Waals surface area contributed by atoms with E-state index < -0.39 is 0 Å². The molecule has 2 aromatic rings. The number of nitrogens with one attached hydrogen (secondary N) is 2. The zero-order chi connectivity index (χ0) is 16.1. The Morgan fingerprint density at radius 1 is 0.833 bits per heavy atom. The fraction of sp³-hybridized carbons (Fsp3) is 0.111. The minimum absolute atomic E-state index is 0. The molecule has 0 heterocycles. The summed E-state index contributed by atoms with van der Waals surface area (Å²) in [5.41, 5.74) is 15.9. The molecule has 6 N–H and O–H groups in total. The molecule has 0 aliphatic carbocycles. The van der Waals surface area contributed by atoms with Crippen LogP contribution in [-0.4, -0.2) is 11.7 Å². The fourth-order valence-corrected chi connectivity index (χ4v) is 2.22. The second-order valence-electron chi connectivity index (χ2n) is 5.31. The molecule has 0 fully saturated rings. The van der Waals surface area contributed by atoms with Gasteiger partial charge in [0.2, 0.25) is 0 Å². The Hall–Kier alpha value is -2.30. The highest BCUT2D eigenvalue weighted by molar-refractivity contribution is 5.95. The van der Waals surface area contributed by atoms with Crippen LogP contribution in [-0.2, 0) is 6.42 Å². The highest BCUT2D eigenvalue weighted by atomic mass is 35.5. The number of amidine groups is 2. The van der Waals surface area contributed by atoms with E-state index in [0.29, 0.717) is 0 Å². The number of halogens is 2. The third-order valence-electron chi connectivity index (χ3n) is 3.38. The molecule has 0 saturated heterocycles. The van der Waals surface area contributed by atoms with E-state index in [9.17, 15) is 0 Å². The van der Waals surface area contributed by atoms with Crippen LogP contribution < -0.4 is 11.5 Å². The predicted molar refractivity (Wildman–Crippen MR) is 107 cm³/mol. The number of rotatable bonds is 5. The lowest BCUT2D eigenvalue weighted by atomic mass is 10.0. The molecule has 0 unspecified atom stereocenters. The van der Waals surface area contributed by atoms with Gasteiger partial charge in [-0.05, 0) is 24.5 Å². The summed E-state index contributed by atoms with van der Waals surface area (Å²) in [6, 6.07) is 15.3. The third kappa shape index (κ3) is 6.07. The van der Waals surface area contributed by atoms with Gasteiger partial charge in [-0.15, -0.1) is 24.8 Å². The molecule has 0 aromatic heterocycles. The predicted octanol–water partition coefficient (Wildman–Crippen LogP) is 3.74. The lowest BCUT2D eigenvalue weighted by molar-refractivity contribution is 1.16. The maximum absolute atomic E-state index is 7.39. The molecule has 0 atom stereocenters. The lowest BCUT2D eigenvalue weighted by Crippen LogP contribution is -2.10. The summed E-state index contributed by atoms with van der Waals surface area (Å²) >= 11 is 0. The quantitative estimate of drug-likeness (QED) is 0.479. The number of allylic oxidation sites excluding steroid dienone is 1. The highest BCUT2D eigenvalue weighted by Crippen LogP contribution is 2.14.